The topological polar surface area (TPSA) is 92.9 Å². The van der Waals surface area contributed by atoms with Gasteiger partial charge in [-0.1, -0.05) is 12.1 Å². The molecule has 1 amide bonds. The number of rotatable bonds is 3. The van der Waals surface area contributed by atoms with Crippen LogP contribution in [0.5, 0.6) is 0 Å². The van der Waals surface area contributed by atoms with E-state index in [1.165, 1.54) is 4.90 Å². The number of benzene rings is 1. The average molecular weight is 280 g/mol. The normalized spacial score (nSPS) is 12.7. The second-order valence-corrected chi connectivity index (χ2v) is 5.45. The smallest absolute Gasteiger partial charge is 0.414 e. The zero-order valence-corrected chi connectivity index (χ0v) is 12.1. The van der Waals surface area contributed by atoms with E-state index < -0.39 is 23.7 Å². The SMILES string of the molecule is CN(C(=O)OC(C)(C)C)c1cccc([C@H](N)C(=O)O)c1. The highest BCUT2D eigenvalue weighted by Gasteiger charge is 2.21. The number of carbonyl (C=O) groups excluding carboxylic acids is 1. The first-order valence-electron chi connectivity index (χ1n) is 6.17. The summed E-state index contributed by atoms with van der Waals surface area (Å²) in [6, 6.07) is 5.37. The lowest BCUT2D eigenvalue weighted by molar-refractivity contribution is -0.138. The summed E-state index contributed by atoms with van der Waals surface area (Å²) >= 11 is 0. The van der Waals surface area contributed by atoms with Crippen LogP contribution in [0, 0.1) is 0 Å². The van der Waals surface area contributed by atoms with Crippen LogP contribution < -0.4 is 10.6 Å². The van der Waals surface area contributed by atoms with Gasteiger partial charge in [0, 0.05) is 12.7 Å². The summed E-state index contributed by atoms with van der Waals surface area (Å²) in [6.45, 7) is 5.32. The number of nitrogens with zero attached hydrogens (tertiary/aromatic N) is 1. The maximum atomic E-state index is 11.9. The van der Waals surface area contributed by atoms with Gasteiger partial charge in [-0.25, -0.2) is 4.79 Å². The lowest BCUT2D eigenvalue weighted by Crippen LogP contribution is -2.34. The molecule has 0 heterocycles. The quantitative estimate of drug-likeness (QED) is 0.884. The van der Waals surface area contributed by atoms with Crippen LogP contribution in [0.1, 0.15) is 32.4 Å². The van der Waals surface area contributed by atoms with Crippen molar-refractivity contribution in [3.8, 4) is 0 Å². The molecule has 1 atom stereocenters. The van der Waals surface area contributed by atoms with Gasteiger partial charge in [0.15, 0.2) is 0 Å². The number of nitrogens with two attached hydrogens (primary N) is 1. The summed E-state index contributed by atoms with van der Waals surface area (Å²) in [7, 11) is 1.56. The van der Waals surface area contributed by atoms with E-state index in [9.17, 15) is 9.59 Å². The highest BCUT2D eigenvalue weighted by Crippen LogP contribution is 2.21. The van der Waals surface area contributed by atoms with Crippen LogP contribution in [-0.2, 0) is 9.53 Å². The van der Waals surface area contributed by atoms with Crippen molar-refractivity contribution in [3.63, 3.8) is 0 Å². The van der Waals surface area contributed by atoms with E-state index in [0.29, 0.717) is 11.3 Å². The Kier molecular flexibility index (Phi) is 4.73. The number of hydrogen-bond donors (Lipinski definition) is 2. The molecule has 0 aliphatic carbocycles. The van der Waals surface area contributed by atoms with Crippen molar-refractivity contribution in [3.05, 3.63) is 29.8 Å². The molecule has 110 valence electrons. The molecule has 0 radical (unpaired) electrons. The Balaban J connectivity index is 2.94. The van der Waals surface area contributed by atoms with Gasteiger partial charge in [-0.2, -0.15) is 0 Å². The third-order valence-electron chi connectivity index (χ3n) is 2.55. The van der Waals surface area contributed by atoms with E-state index in [4.69, 9.17) is 15.6 Å². The second kappa shape index (κ2) is 5.92. The lowest BCUT2D eigenvalue weighted by atomic mass is 10.1. The molecule has 0 unspecified atom stereocenters. The molecule has 0 aliphatic heterocycles. The van der Waals surface area contributed by atoms with Crippen molar-refractivity contribution in [2.75, 3.05) is 11.9 Å². The van der Waals surface area contributed by atoms with Crippen molar-refractivity contribution in [2.24, 2.45) is 5.73 Å². The van der Waals surface area contributed by atoms with Crippen molar-refractivity contribution < 1.29 is 19.4 Å². The van der Waals surface area contributed by atoms with E-state index in [2.05, 4.69) is 0 Å². The standard InChI is InChI=1S/C14H20N2O4/c1-14(2,3)20-13(19)16(4)10-7-5-6-9(8-10)11(15)12(17)18/h5-8,11H,15H2,1-4H3,(H,17,18)/t11-/m0/s1. The Morgan fingerprint density at radius 3 is 2.45 bits per heavy atom. The zero-order valence-electron chi connectivity index (χ0n) is 12.1. The molecule has 6 heteroatoms. The third-order valence-corrected chi connectivity index (χ3v) is 2.55. The van der Waals surface area contributed by atoms with E-state index in [-0.39, 0.29) is 0 Å². The third kappa shape index (κ3) is 4.24. The number of ether oxygens (including phenoxy) is 1. The molecular weight excluding hydrogens is 260 g/mol. The van der Waals surface area contributed by atoms with Gasteiger partial charge in [-0.3, -0.25) is 9.69 Å². The highest BCUT2D eigenvalue weighted by atomic mass is 16.6. The summed E-state index contributed by atoms with van der Waals surface area (Å²) in [5.41, 5.74) is 5.90. The van der Waals surface area contributed by atoms with Crippen LogP contribution in [0.2, 0.25) is 0 Å². The fourth-order valence-electron chi connectivity index (χ4n) is 1.51. The number of hydrogen-bond acceptors (Lipinski definition) is 4. The van der Waals surface area contributed by atoms with Gasteiger partial charge in [0.1, 0.15) is 11.6 Å². The Bertz CT molecular complexity index is 508. The predicted octanol–water partition coefficient (Wildman–Crippen LogP) is 2.14. The van der Waals surface area contributed by atoms with Gasteiger partial charge in [0.05, 0.1) is 0 Å². The maximum Gasteiger partial charge on any atom is 0.414 e. The Morgan fingerprint density at radius 2 is 1.95 bits per heavy atom. The summed E-state index contributed by atoms with van der Waals surface area (Å²) in [5, 5.41) is 8.90. The molecule has 1 rings (SSSR count). The Hall–Kier alpha value is -2.08. The number of amides is 1. The maximum absolute atomic E-state index is 11.9. The van der Waals surface area contributed by atoms with Crippen LogP contribution in [0.15, 0.2) is 24.3 Å². The number of carboxylic acid groups (broad SMARTS) is 1. The fraction of sp³-hybridized carbons (Fsp3) is 0.429. The first-order chi connectivity index (χ1) is 9.11. The van der Waals surface area contributed by atoms with Crippen molar-refractivity contribution in [2.45, 2.75) is 32.4 Å². The summed E-state index contributed by atoms with van der Waals surface area (Å²) in [6.07, 6.45) is -0.515. The lowest BCUT2D eigenvalue weighted by Gasteiger charge is -2.25. The monoisotopic (exact) mass is 280 g/mol. The molecule has 6 nitrogen and oxygen atoms in total. The molecule has 0 bridgehead atoms. The van der Waals surface area contributed by atoms with Crippen LogP contribution in [0.4, 0.5) is 10.5 Å². The van der Waals surface area contributed by atoms with E-state index in [1.54, 1.807) is 52.1 Å². The number of aliphatic carboxylic acids is 1. The van der Waals surface area contributed by atoms with Gasteiger partial charge >= 0.3 is 12.1 Å². The summed E-state index contributed by atoms with van der Waals surface area (Å²) < 4.78 is 5.24. The minimum Gasteiger partial charge on any atom is -0.480 e. The van der Waals surface area contributed by atoms with E-state index in [1.807, 2.05) is 0 Å². The van der Waals surface area contributed by atoms with Gasteiger partial charge in [-0.15, -0.1) is 0 Å². The van der Waals surface area contributed by atoms with Crippen molar-refractivity contribution >= 4 is 17.7 Å². The minimum atomic E-state index is -1.12. The summed E-state index contributed by atoms with van der Waals surface area (Å²) in [5.74, 6) is -1.12. The zero-order chi connectivity index (χ0) is 15.5. The molecule has 0 aliphatic rings. The number of anilines is 1. The van der Waals surface area contributed by atoms with Crippen LogP contribution >= 0.6 is 0 Å². The van der Waals surface area contributed by atoms with E-state index in [0.717, 1.165) is 0 Å². The van der Waals surface area contributed by atoms with Crippen LogP contribution in [0.3, 0.4) is 0 Å². The minimum absolute atomic E-state index is 0.422. The van der Waals surface area contributed by atoms with E-state index >= 15 is 0 Å². The molecule has 1 aromatic rings. The molecule has 0 fully saturated rings. The fourth-order valence-corrected chi connectivity index (χ4v) is 1.51. The average Bonchev–Trinajstić information content (AvgIpc) is 2.35. The highest BCUT2D eigenvalue weighted by molar-refractivity contribution is 5.87. The largest absolute Gasteiger partial charge is 0.480 e. The van der Waals surface area contributed by atoms with Gasteiger partial charge in [0.25, 0.3) is 0 Å². The summed E-state index contributed by atoms with van der Waals surface area (Å²) in [4.78, 5) is 24.1. The first-order valence-corrected chi connectivity index (χ1v) is 6.17. The number of carbonyl (C=O) groups is 2. The Labute approximate surface area is 118 Å². The van der Waals surface area contributed by atoms with Crippen LogP contribution in [0.25, 0.3) is 0 Å². The van der Waals surface area contributed by atoms with Crippen LogP contribution in [-0.4, -0.2) is 29.8 Å². The molecule has 1 aromatic carbocycles. The van der Waals surface area contributed by atoms with Gasteiger partial charge in [-0.05, 0) is 38.5 Å². The molecule has 0 aromatic heterocycles. The van der Waals surface area contributed by atoms with Gasteiger partial charge in [0.2, 0.25) is 0 Å². The number of carboxylic acids is 1. The molecule has 0 saturated heterocycles. The first kappa shape index (κ1) is 16.0. The van der Waals surface area contributed by atoms with Crippen molar-refractivity contribution in [1.29, 1.82) is 0 Å². The molecule has 0 saturated carbocycles. The predicted molar refractivity (Wildman–Crippen MR) is 75.6 cm³/mol. The molecule has 20 heavy (non-hydrogen) atoms. The van der Waals surface area contributed by atoms with Crippen molar-refractivity contribution in [1.82, 2.24) is 0 Å². The molecule has 3 N–H and O–H groups in total. The Morgan fingerprint density at radius 1 is 1.35 bits per heavy atom. The molecular formula is C14H20N2O4. The van der Waals surface area contributed by atoms with Gasteiger partial charge < -0.3 is 15.6 Å². The molecule has 0 spiro atoms. The second-order valence-electron chi connectivity index (χ2n) is 5.45.